The van der Waals surface area contributed by atoms with Crippen molar-refractivity contribution < 1.29 is 23.8 Å². The number of carboxylic acid groups (broad SMARTS) is 1. The van der Waals surface area contributed by atoms with E-state index < -0.39 is 17.7 Å². The second-order valence-corrected chi connectivity index (χ2v) is 5.13. The van der Waals surface area contributed by atoms with Gasteiger partial charge in [-0.1, -0.05) is 12.1 Å². The van der Waals surface area contributed by atoms with Crippen molar-refractivity contribution in [2.45, 2.75) is 12.8 Å². The summed E-state index contributed by atoms with van der Waals surface area (Å²) in [5.41, 5.74) is 0. The number of carbonyl (C=O) groups is 2. The predicted molar refractivity (Wildman–Crippen MR) is 77.2 cm³/mol. The molecule has 1 aliphatic heterocycles. The zero-order valence-electron chi connectivity index (χ0n) is 12.1. The fourth-order valence-electron chi connectivity index (χ4n) is 2.36. The van der Waals surface area contributed by atoms with Gasteiger partial charge in [0.1, 0.15) is 6.61 Å². The third-order valence-corrected chi connectivity index (χ3v) is 3.53. The highest BCUT2D eigenvalue weighted by molar-refractivity contribution is 5.76. The average molecular weight is 310 g/mol. The number of aliphatic carboxylic acids is 1. The number of likely N-dealkylation sites (tertiary alicyclic amines) is 1. The third-order valence-electron chi connectivity index (χ3n) is 3.53. The molecular weight excluding hydrogens is 291 g/mol. The summed E-state index contributed by atoms with van der Waals surface area (Å²) in [7, 11) is 0. The molecule has 1 atom stereocenters. The van der Waals surface area contributed by atoms with E-state index in [0.29, 0.717) is 19.4 Å². The van der Waals surface area contributed by atoms with E-state index in [1.165, 1.54) is 17.0 Å². The molecule has 0 bridgehead atoms. The fourth-order valence-corrected chi connectivity index (χ4v) is 2.36. The van der Waals surface area contributed by atoms with E-state index in [2.05, 4.69) is 5.32 Å². The Morgan fingerprint density at radius 3 is 2.91 bits per heavy atom. The number of nitrogens with one attached hydrogen (secondary N) is 1. The number of benzene rings is 1. The van der Waals surface area contributed by atoms with Gasteiger partial charge in [-0.25, -0.2) is 9.18 Å². The summed E-state index contributed by atoms with van der Waals surface area (Å²) >= 11 is 0. The summed E-state index contributed by atoms with van der Waals surface area (Å²) in [4.78, 5) is 24.4. The molecule has 1 aromatic carbocycles. The molecule has 7 heteroatoms. The smallest absolute Gasteiger partial charge is 0.317 e. The minimum Gasteiger partial charge on any atom is -0.489 e. The van der Waals surface area contributed by atoms with Crippen molar-refractivity contribution in [3.8, 4) is 5.75 Å². The van der Waals surface area contributed by atoms with E-state index in [1.54, 1.807) is 12.1 Å². The molecule has 0 spiro atoms. The van der Waals surface area contributed by atoms with Crippen molar-refractivity contribution in [3.63, 3.8) is 0 Å². The largest absolute Gasteiger partial charge is 0.489 e. The zero-order valence-corrected chi connectivity index (χ0v) is 12.1. The topological polar surface area (TPSA) is 78.9 Å². The molecule has 120 valence electrons. The number of carboxylic acids is 1. The molecule has 1 aliphatic rings. The summed E-state index contributed by atoms with van der Waals surface area (Å²) in [6, 6.07) is 5.73. The first-order valence-corrected chi connectivity index (χ1v) is 7.21. The molecule has 1 heterocycles. The first-order chi connectivity index (χ1) is 10.6. The molecule has 0 saturated carbocycles. The Kier molecular flexibility index (Phi) is 5.57. The lowest BCUT2D eigenvalue weighted by Gasteiger charge is -2.30. The van der Waals surface area contributed by atoms with Gasteiger partial charge in [0.05, 0.1) is 12.5 Å². The number of piperidine rings is 1. The number of carbonyl (C=O) groups excluding carboxylic acids is 1. The van der Waals surface area contributed by atoms with E-state index in [4.69, 9.17) is 9.84 Å². The standard InChI is InChI=1S/C15H19FN2O4/c16-12-5-1-2-6-13(12)22-9-7-17-15(21)18-8-3-4-11(10-18)14(19)20/h1-2,5-6,11H,3-4,7-10H2,(H,17,21)(H,19,20). The minimum absolute atomic E-state index is 0.140. The SMILES string of the molecule is O=C(O)C1CCCN(C(=O)NCCOc2ccccc2F)C1. The van der Waals surface area contributed by atoms with Gasteiger partial charge < -0.3 is 20.1 Å². The van der Waals surface area contributed by atoms with E-state index in [9.17, 15) is 14.0 Å². The predicted octanol–water partition coefficient (Wildman–Crippen LogP) is 1.71. The number of urea groups is 1. The number of ether oxygens (including phenoxy) is 1. The van der Waals surface area contributed by atoms with Crippen molar-refractivity contribution in [2.75, 3.05) is 26.2 Å². The van der Waals surface area contributed by atoms with Crippen molar-refractivity contribution in [1.82, 2.24) is 10.2 Å². The van der Waals surface area contributed by atoms with Gasteiger partial charge in [-0.15, -0.1) is 0 Å². The van der Waals surface area contributed by atoms with E-state index in [0.717, 1.165) is 0 Å². The van der Waals surface area contributed by atoms with Crippen LogP contribution in [0.4, 0.5) is 9.18 Å². The highest BCUT2D eigenvalue weighted by Crippen LogP contribution is 2.17. The van der Waals surface area contributed by atoms with Crippen molar-refractivity contribution in [3.05, 3.63) is 30.1 Å². The lowest BCUT2D eigenvalue weighted by molar-refractivity contribution is -0.143. The highest BCUT2D eigenvalue weighted by atomic mass is 19.1. The monoisotopic (exact) mass is 310 g/mol. The Bertz CT molecular complexity index is 538. The van der Waals surface area contributed by atoms with Crippen LogP contribution in [0.15, 0.2) is 24.3 Å². The molecule has 1 fully saturated rings. The zero-order chi connectivity index (χ0) is 15.9. The van der Waals surface area contributed by atoms with Gasteiger partial charge in [-0.3, -0.25) is 4.79 Å². The molecule has 6 nitrogen and oxygen atoms in total. The van der Waals surface area contributed by atoms with Crippen molar-refractivity contribution >= 4 is 12.0 Å². The molecule has 2 amide bonds. The Balaban J connectivity index is 1.71. The normalized spacial score (nSPS) is 17.9. The van der Waals surface area contributed by atoms with Crippen LogP contribution in [0, 0.1) is 11.7 Å². The minimum atomic E-state index is -0.875. The lowest BCUT2D eigenvalue weighted by atomic mass is 9.99. The van der Waals surface area contributed by atoms with E-state index >= 15 is 0 Å². The fraction of sp³-hybridized carbons (Fsp3) is 0.467. The maximum atomic E-state index is 13.3. The summed E-state index contributed by atoms with van der Waals surface area (Å²) < 4.78 is 18.5. The lowest BCUT2D eigenvalue weighted by Crippen LogP contribution is -2.47. The van der Waals surface area contributed by atoms with Crippen LogP contribution in [-0.2, 0) is 4.79 Å². The van der Waals surface area contributed by atoms with Crippen LogP contribution in [-0.4, -0.2) is 48.2 Å². The van der Waals surface area contributed by atoms with Crippen molar-refractivity contribution in [2.24, 2.45) is 5.92 Å². The summed E-state index contributed by atoms with van der Waals surface area (Å²) in [6.45, 7) is 1.13. The molecule has 0 aliphatic carbocycles. The van der Waals surface area contributed by atoms with Gasteiger partial charge in [-0.05, 0) is 25.0 Å². The summed E-state index contributed by atoms with van der Waals surface area (Å²) in [5.74, 6) is -1.69. The number of rotatable bonds is 5. The van der Waals surface area contributed by atoms with Crippen LogP contribution in [0.3, 0.4) is 0 Å². The first-order valence-electron chi connectivity index (χ1n) is 7.21. The first kappa shape index (κ1) is 16.1. The van der Waals surface area contributed by atoms with Crippen LogP contribution in [0.1, 0.15) is 12.8 Å². The van der Waals surface area contributed by atoms with E-state index in [1.807, 2.05) is 0 Å². The number of hydrogen-bond donors (Lipinski definition) is 2. The molecule has 1 unspecified atom stereocenters. The van der Waals surface area contributed by atoms with Gasteiger partial charge in [0.15, 0.2) is 11.6 Å². The second-order valence-electron chi connectivity index (χ2n) is 5.13. The average Bonchev–Trinajstić information content (AvgIpc) is 2.53. The van der Waals surface area contributed by atoms with Gasteiger partial charge in [-0.2, -0.15) is 0 Å². The van der Waals surface area contributed by atoms with Gasteiger partial charge in [0.25, 0.3) is 0 Å². The molecule has 22 heavy (non-hydrogen) atoms. The van der Waals surface area contributed by atoms with Crippen LogP contribution < -0.4 is 10.1 Å². The summed E-state index contributed by atoms with van der Waals surface area (Å²) in [5, 5.41) is 11.6. The van der Waals surface area contributed by atoms with Crippen LogP contribution >= 0.6 is 0 Å². The number of amides is 2. The Morgan fingerprint density at radius 2 is 2.18 bits per heavy atom. The Hall–Kier alpha value is -2.31. The quantitative estimate of drug-likeness (QED) is 0.812. The number of halogens is 1. The second kappa shape index (κ2) is 7.63. The van der Waals surface area contributed by atoms with Crippen LogP contribution in [0.5, 0.6) is 5.75 Å². The number of hydrogen-bond acceptors (Lipinski definition) is 3. The molecule has 1 saturated heterocycles. The van der Waals surface area contributed by atoms with E-state index in [-0.39, 0.29) is 31.5 Å². The molecule has 2 rings (SSSR count). The highest BCUT2D eigenvalue weighted by Gasteiger charge is 2.27. The molecule has 0 radical (unpaired) electrons. The van der Waals surface area contributed by atoms with Gasteiger partial charge >= 0.3 is 12.0 Å². The van der Waals surface area contributed by atoms with Gasteiger partial charge in [0, 0.05) is 13.1 Å². The third kappa shape index (κ3) is 4.34. The molecule has 2 N–H and O–H groups in total. The Morgan fingerprint density at radius 1 is 1.41 bits per heavy atom. The summed E-state index contributed by atoms with van der Waals surface area (Å²) in [6.07, 6.45) is 1.27. The van der Waals surface area contributed by atoms with Gasteiger partial charge in [0.2, 0.25) is 0 Å². The molecule has 0 aromatic heterocycles. The molecular formula is C15H19FN2O4. The van der Waals surface area contributed by atoms with Crippen LogP contribution in [0.25, 0.3) is 0 Å². The number of nitrogens with zero attached hydrogens (tertiary/aromatic N) is 1. The van der Waals surface area contributed by atoms with Crippen LogP contribution in [0.2, 0.25) is 0 Å². The van der Waals surface area contributed by atoms with Crippen molar-refractivity contribution in [1.29, 1.82) is 0 Å². The maximum absolute atomic E-state index is 13.3. The Labute approximate surface area is 127 Å². The number of para-hydroxylation sites is 1. The molecule has 1 aromatic rings. The maximum Gasteiger partial charge on any atom is 0.317 e.